The van der Waals surface area contributed by atoms with Crippen molar-refractivity contribution in [2.75, 3.05) is 6.26 Å². The number of carbonyl (C=O) groups is 1. The van der Waals surface area contributed by atoms with Crippen LogP contribution >= 0.6 is 11.8 Å². The molecule has 0 radical (unpaired) electrons. The van der Waals surface area contributed by atoms with Crippen LogP contribution in [0.4, 0.5) is 0 Å². The van der Waals surface area contributed by atoms with Crippen molar-refractivity contribution < 1.29 is 9.90 Å². The highest BCUT2D eigenvalue weighted by molar-refractivity contribution is 7.99. The fourth-order valence-corrected chi connectivity index (χ4v) is 3.14. The summed E-state index contributed by atoms with van der Waals surface area (Å²) in [4.78, 5) is 11.1. The van der Waals surface area contributed by atoms with Gasteiger partial charge in [0.25, 0.3) is 0 Å². The van der Waals surface area contributed by atoms with Gasteiger partial charge in [-0.15, -0.1) is 0 Å². The molecule has 3 nitrogen and oxygen atoms in total. The van der Waals surface area contributed by atoms with E-state index in [2.05, 4.69) is 11.6 Å². The van der Waals surface area contributed by atoms with Gasteiger partial charge in [0.2, 0.25) is 0 Å². The van der Waals surface area contributed by atoms with Crippen molar-refractivity contribution in [2.45, 2.75) is 56.9 Å². The molecule has 0 aromatic carbocycles. The van der Waals surface area contributed by atoms with E-state index in [1.54, 1.807) is 0 Å². The summed E-state index contributed by atoms with van der Waals surface area (Å²) in [5.41, 5.74) is 0. The van der Waals surface area contributed by atoms with E-state index < -0.39 is 12.0 Å². The van der Waals surface area contributed by atoms with Gasteiger partial charge in [-0.05, 0) is 31.4 Å². The van der Waals surface area contributed by atoms with Crippen LogP contribution in [0.2, 0.25) is 0 Å². The molecule has 2 N–H and O–H groups in total. The smallest absolute Gasteiger partial charge is 0.320 e. The number of carboxylic acid groups (broad SMARTS) is 1. The molecule has 1 rings (SSSR count). The highest BCUT2D eigenvalue weighted by Gasteiger charge is 2.28. The number of aliphatic carboxylic acids is 1. The number of rotatable bonds is 5. The molecule has 1 fully saturated rings. The molecule has 94 valence electrons. The number of nitrogens with one attached hydrogen (secondary N) is 1. The first-order valence-electron chi connectivity index (χ1n) is 6.06. The lowest BCUT2D eigenvalue weighted by atomic mass is 9.93. The Kier molecular flexibility index (Phi) is 5.62. The molecular formula is C12H23NO2S. The highest BCUT2D eigenvalue weighted by Crippen LogP contribution is 2.27. The Balaban J connectivity index is 2.48. The standard InChI is InChI=1S/C12H23NO2S/c1-8(2)11(12(14)15)13-9-5-4-6-10(7-9)16-3/h8-11,13H,4-7H2,1-3H3,(H,14,15). The van der Waals surface area contributed by atoms with Gasteiger partial charge in [0.05, 0.1) is 0 Å². The van der Waals surface area contributed by atoms with Crippen LogP contribution in [0.5, 0.6) is 0 Å². The van der Waals surface area contributed by atoms with Crippen molar-refractivity contribution in [1.29, 1.82) is 0 Å². The summed E-state index contributed by atoms with van der Waals surface area (Å²) < 4.78 is 0. The predicted octanol–water partition coefficient (Wildman–Crippen LogP) is 2.36. The minimum atomic E-state index is -0.721. The number of hydrogen-bond donors (Lipinski definition) is 2. The molecule has 1 aliphatic carbocycles. The Hall–Kier alpha value is -0.220. The maximum absolute atomic E-state index is 11.1. The molecule has 0 heterocycles. The molecule has 0 aromatic heterocycles. The molecule has 0 aliphatic heterocycles. The van der Waals surface area contributed by atoms with Crippen LogP contribution in [0.3, 0.4) is 0 Å². The van der Waals surface area contributed by atoms with Gasteiger partial charge in [-0.25, -0.2) is 0 Å². The van der Waals surface area contributed by atoms with Crippen molar-refractivity contribution in [3.05, 3.63) is 0 Å². The van der Waals surface area contributed by atoms with Gasteiger partial charge in [-0.1, -0.05) is 20.3 Å². The van der Waals surface area contributed by atoms with E-state index in [0.717, 1.165) is 12.8 Å². The van der Waals surface area contributed by atoms with Crippen molar-refractivity contribution in [3.63, 3.8) is 0 Å². The maximum atomic E-state index is 11.1. The zero-order chi connectivity index (χ0) is 12.1. The average Bonchev–Trinajstić information content (AvgIpc) is 2.25. The van der Waals surface area contributed by atoms with Gasteiger partial charge in [0, 0.05) is 11.3 Å². The van der Waals surface area contributed by atoms with Crippen molar-refractivity contribution in [1.82, 2.24) is 5.32 Å². The Labute approximate surface area is 102 Å². The first kappa shape index (κ1) is 13.8. The lowest BCUT2D eigenvalue weighted by Crippen LogP contribution is -2.48. The maximum Gasteiger partial charge on any atom is 0.320 e. The first-order valence-corrected chi connectivity index (χ1v) is 7.35. The first-order chi connectivity index (χ1) is 7.54. The van der Waals surface area contributed by atoms with Crippen LogP contribution in [-0.4, -0.2) is 34.7 Å². The zero-order valence-corrected chi connectivity index (χ0v) is 11.2. The van der Waals surface area contributed by atoms with E-state index in [1.165, 1.54) is 12.8 Å². The molecule has 0 spiro atoms. The SMILES string of the molecule is CSC1CCCC(NC(C(=O)O)C(C)C)C1. The lowest BCUT2D eigenvalue weighted by molar-refractivity contribution is -0.141. The normalized spacial score (nSPS) is 28.0. The molecule has 0 amide bonds. The number of hydrogen-bond acceptors (Lipinski definition) is 3. The second kappa shape index (κ2) is 6.50. The largest absolute Gasteiger partial charge is 0.480 e. The number of thioether (sulfide) groups is 1. The highest BCUT2D eigenvalue weighted by atomic mass is 32.2. The van der Waals surface area contributed by atoms with Crippen molar-refractivity contribution in [2.24, 2.45) is 5.92 Å². The van der Waals surface area contributed by atoms with Gasteiger partial charge in [-0.2, -0.15) is 11.8 Å². The second-order valence-electron chi connectivity index (χ2n) is 4.95. The van der Waals surface area contributed by atoms with Crippen molar-refractivity contribution >= 4 is 17.7 Å². The number of carboxylic acids is 1. The van der Waals surface area contributed by atoms with Gasteiger partial charge in [0.1, 0.15) is 6.04 Å². The summed E-state index contributed by atoms with van der Waals surface area (Å²) in [5, 5.41) is 13.1. The van der Waals surface area contributed by atoms with Crippen LogP contribution < -0.4 is 5.32 Å². The summed E-state index contributed by atoms with van der Waals surface area (Å²) in [5.74, 6) is -0.576. The van der Waals surface area contributed by atoms with Crippen LogP contribution in [0.1, 0.15) is 39.5 Å². The third-order valence-corrected chi connectivity index (χ3v) is 4.40. The molecule has 1 saturated carbocycles. The second-order valence-corrected chi connectivity index (χ2v) is 6.09. The summed E-state index contributed by atoms with van der Waals surface area (Å²) >= 11 is 1.91. The molecule has 0 saturated heterocycles. The molecule has 0 bridgehead atoms. The summed E-state index contributed by atoms with van der Waals surface area (Å²) in [6.07, 6.45) is 6.86. The van der Waals surface area contributed by atoms with Gasteiger partial charge >= 0.3 is 5.97 Å². The Morgan fingerprint density at radius 1 is 1.44 bits per heavy atom. The summed E-state index contributed by atoms with van der Waals surface area (Å²) in [6.45, 7) is 3.92. The molecule has 0 aromatic rings. The monoisotopic (exact) mass is 245 g/mol. The fourth-order valence-electron chi connectivity index (χ4n) is 2.31. The summed E-state index contributed by atoms with van der Waals surface area (Å²) in [7, 11) is 0. The van der Waals surface area contributed by atoms with E-state index in [0.29, 0.717) is 11.3 Å². The molecule has 3 atom stereocenters. The minimum Gasteiger partial charge on any atom is -0.480 e. The van der Waals surface area contributed by atoms with Crippen LogP contribution in [0.25, 0.3) is 0 Å². The van der Waals surface area contributed by atoms with Gasteiger partial charge in [0.15, 0.2) is 0 Å². The van der Waals surface area contributed by atoms with E-state index in [-0.39, 0.29) is 5.92 Å². The Morgan fingerprint density at radius 2 is 2.12 bits per heavy atom. The van der Waals surface area contributed by atoms with Gasteiger partial charge in [-0.3, -0.25) is 4.79 Å². The molecule has 1 aliphatic rings. The van der Waals surface area contributed by atoms with E-state index in [9.17, 15) is 4.79 Å². The predicted molar refractivity (Wildman–Crippen MR) is 69.0 cm³/mol. The molecular weight excluding hydrogens is 222 g/mol. The van der Waals surface area contributed by atoms with E-state index in [1.807, 2.05) is 25.6 Å². The topological polar surface area (TPSA) is 49.3 Å². The lowest BCUT2D eigenvalue weighted by Gasteiger charge is -2.32. The van der Waals surface area contributed by atoms with E-state index >= 15 is 0 Å². The summed E-state index contributed by atoms with van der Waals surface area (Å²) in [6, 6.07) is -0.0136. The average molecular weight is 245 g/mol. The Bertz CT molecular complexity index is 233. The quantitative estimate of drug-likeness (QED) is 0.780. The minimum absolute atomic E-state index is 0.146. The Morgan fingerprint density at radius 3 is 2.62 bits per heavy atom. The fraction of sp³-hybridized carbons (Fsp3) is 0.917. The third-order valence-electron chi connectivity index (χ3n) is 3.31. The zero-order valence-electron chi connectivity index (χ0n) is 10.4. The van der Waals surface area contributed by atoms with Gasteiger partial charge < -0.3 is 10.4 Å². The third kappa shape index (κ3) is 3.98. The van der Waals surface area contributed by atoms with Crippen molar-refractivity contribution in [3.8, 4) is 0 Å². The molecule has 16 heavy (non-hydrogen) atoms. The van der Waals surface area contributed by atoms with E-state index in [4.69, 9.17) is 5.11 Å². The van der Waals surface area contributed by atoms with Crippen LogP contribution in [-0.2, 0) is 4.79 Å². The van der Waals surface area contributed by atoms with Crippen LogP contribution in [0, 0.1) is 5.92 Å². The molecule has 3 unspecified atom stereocenters. The van der Waals surface area contributed by atoms with Crippen LogP contribution in [0.15, 0.2) is 0 Å². The molecule has 4 heteroatoms.